The average molecular weight is 286 g/mol. The molecule has 1 amide bonds. The first-order chi connectivity index (χ1) is 10.1. The first kappa shape index (κ1) is 14.8. The van der Waals surface area contributed by atoms with Gasteiger partial charge in [-0.05, 0) is 39.0 Å². The molecule has 0 radical (unpaired) electrons. The molecule has 0 bridgehead atoms. The molecule has 0 spiro atoms. The predicted octanol–water partition coefficient (Wildman–Crippen LogP) is 3.06. The van der Waals surface area contributed by atoms with Gasteiger partial charge in [-0.3, -0.25) is 4.79 Å². The monoisotopic (exact) mass is 286 g/mol. The quantitative estimate of drug-likeness (QED) is 0.678. The van der Waals surface area contributed by atoms with Crippen molar-refractivity contribution in [1.29, 1.82) is 0 Å². The zero-order chi connectivity index (χ0) is 15.2. The van der Waals surface area contributed by atoms with Crippen molar-refractivity contribution in [3.63, 3.8) is 0 Å². The summed E-state index contributed by atoms with van der Waals surface area (Å²) < 4.78 is 10.8. The number of rotatable bonds is 5. The molecule has 21 heavy (non-hydrogen) atoms. The number of amides is 1. The number of carbonyl (C=O) groups is 1. The number of hydrogen-bond acceptors (Lipinski definition) is 4. The lowest BCUT2D eigenvalue weighted by Gasteiger charge is -2.05. The van der Waals surface area contributed by atoms with Gasteiger partial charge in [0.1, 0.15) is 17.3 Å². The Bertz CT molecular complexity index is 659. The Balaban J connectivity index is 2.06. The summed E-state index contributed by atoms with van der Waals surface area (Å²) >= 11 is 0. The topological polar surface area (TPSA) is 63.8 Å². The van der Waals surface area contributed by atoms with Gasteiger partial charge in [0.25, 0.3) is 5.91 Å². The maximum absolute atomic E-state index is 12.0. The number of benzene rings is 1. The number of hydrazone groups is 1. The summed E-state index contributed by atoms with van der Waals surface area (Å²) in [7, 11) is 0. The molecule has 2 aromatic rings. The summed E-state index contributed by atoms with van der Waals surface area (Å²) in [6.45, 7) is 6.03. The molecule has 1 N–H and O–H groups in total. The highest BCUT2D eigenvalue weighted by molar-refractivity contribution is 5.96. The van der Waals surface area contributed by atoms with E-state index >= 15 is 0 Å². The van der Waals surface area contributed by atoms with E-state index in [1.54, 1.807) is 26.1 Å². The van der Waals surface area contributed by atoms with E-state index in [2.05, 4.69) is 10.5 Å². The Morgan fingerprint density at radius 3 is 2.81 bits per heavy atom. The highest BCUT2D eigenvalue weighted by Gasteiger charge is 2.12. The van der Waals surface area contributed by atoms with Gasteiger partial charge in [-0.25, -0.2) is 5.43 Å². The molecule has 0 fully saturated rings. The number of carbonyl (C=O) groups excluding carboxylic acids is 1. The zero-order valence-corrected chi connectivity index (χ0v) is 12.3. The molecule has 0 aliphatic carbocycles. The van der Waals surface area contributed by atoms with E-state index in [-0.39, 0.29) is 5.91 Å². The third kappa shape index (κ3) is 3.72. The second-order valence-electron chi connectivity index (χ2n) is 4.50. The fourth-order valence-corrected chi connectivity index (χ4v) is 1.95. The van der Waals surface area contributed by atoms with Crippen LogP contribution in [0, 0.1) is 13.8 Å². The molecule has 2 rings (SSSR count). The van der Waals surface area contributed by atoms with Crippen LogP contribution in [0.4, 0.5) is 0 Å². The van der Waals surface area contributed by atoms with Crippen molar-refractivity contribution in [2.24, 2.45) is 5.10 Å². The Labute approximate surface area is 123 Å². The fraction of sp³-hybridized carbons (Fsp3) is 0.250. The lowest BCUT2D eigenvalue weighted by molar-refractivity contribution is 0.0953. The molecule has 1 aromatic heterocycles. The minimum absolute atomic E-state index is 0.297. The lowest BCUT2D eigenvalue weighted by Crippen LogP contribution is -2.17. The van der Waals surface area contributed by atoms with Crippen LogP contribution in [0.2, 0.25) is 0 Å². The van der Waals surface area contributed by atoms with Gasteiger partial charge in [-0.1, -0.05) is 12.1 Å². The number of ether oxygens (including phenoxy) is 1. The number of para-hydroxylation sites is 1. The first-order valence-electron chi connectivity index (χ1n) is 6.74. The normalized spacial score (nSPS) is 10.8. The van der Waals surface area contributed by atoms with Gasteiger partial charge < -0.3 is 9.15 Å². The van der Waals surface area contributed by atoms with Gasteiger partial charge in [-0.15, -0.1) is 0 Å². The standard InChI is InChI=1S/C16H18N2O3/c1-4-20-15-8-6-5-7-13(15)10-17-18-16(19)14-9-11(2)21-12(14)3/h5-10H,4H2,1-3H3,(H,18,19). The highest BCUT2D eigenvalue weighted by Crippen LogP contribution is 2.16. The van der Waals surface area contributed by atoms with E-state index in [1.165, 1.54) is 0 Å². The Hall–Kier alpha value is -2.56. The molecule has 0 unspecified atom stereocenters. The number of nitrogens with zero attached hydrogens (tertiary/aromatic N) is 1. The van der Waals surface area contributed by atoms with Gasteiger partial charge in [-0.2, -0.15) is 5.10 Å². The number of aryl methyl sites for hydroxylation is 2. The van der Waals surface area contributed by atoms with Gasteiger partial charge in [0.05, 0.1) is 18.4 Å². The van der Waals surface area contributed by atoms with Crippen LogP contribution in [0.1, 0.15) is 34.4 Å². The highest BCUT2D eigenvalue weighted by atomic mass is 16.5. The SMILES string of the molecule is CCOc1ccccc1C=NNC(=O)c1cc(C)oc1C. The van der Waals surface area contributed by atoms with Crippen molar-refractivity contribution >= 4 is 12.1 Å². The van der Waals surface area contributed by atoms with Crippen LogP contribution in [0.15, 0.2) is 39.9 Å². The minimum Gasteiger partial charge on any atom is -0.493 e. The van der Waals surface area contributed by atoms with Crippen LogP contribution in [0.25, 0.3) is 0 Å². The van der Waals surface area contributed by atoms with E-state index < -0.39 is 0 Å². The first-order valence-corrected chi connectivity index (χ1v) is 6.74. The zero-order valence-electron chi connectivity index (χ0n) is 12.3. The summed E-state index contributed by atoms with van der Waals surface area (Å²) in [6, 6.07) is 9.19. The second kappa shape index (κ2) is 6.74. The Morgan fingerprint density at radius 2 is 2.14 bits per heavy atom. The molecule has 110 valence electrons. The van der Waals surface area contributed by atoms with E-state index in [1.807, 2.05) is 31.2 Å². The van der Waals surface area contributed by atoms with Crippen LogP contribution < -0.4 is 10.2 Å². The summed E-state index contributed by atoms with van der Waals surface area (Å²) in [5.74, 6) is 1.71. The summed E-state index contributed by atoms with van der Waals surface area (Å²) in [6.07, 6.45) is 1.56. The van der Waals surface area contributed by atoms with Crippen LogP contribution in [0.5, 0.6) is 5.75 Å². The van der Waals surface area contributed by atoms with Crippen LogP contribution in [0.3, 0.4) is 0 Å². The number of hydrogen-bond donors (Lipinski definition) is 1. The molecule has 5 heteroatoms. The minimum atomic E-state index is -0.297. The summed E-state index contributed by atoms with van der Waals surface area (Å²) in [4.78, 5) is 12.0. The Morgan fingerprint density at radius 1 is 1.38 bits per heavy atom. The molecule has 0 saturated heterocycles. The molecule has 5 nitrogen and oxygen atoms in total. The van der Waals surface area contributed by atoms with E-state index in [4.69, 9.17) is 9.15 Å². The maximum atomic E-state index is 12.0. The van der Waals surface area contributed by atoms with Crippen LogP contribution in [-0.4, -0.2) is 18.7 Å². The number of nitrogens with one attached hydrogen (secondary N) is 1. The predicted molar refractivity (Wildman–Crippen MR) is 80.9 cm³/mol. The van der Waals surface area contributed by atoms with Crippen LogP contribution in [-0.2, 0) is 0 Å². The van der Waals surface area contributed by atoms with E-state index in [9.17, 15) is 4.79 Å². The van der Waals surface area contributed by atoms with E-state index in [0.717, 1.165) is 11.3 Å². The molecule has 1 heterocycles. The average Bonchev–Trinajstić information content (AvgIpc) is 2.80. The van der Waals surface area contributed by atoms with Gasteiger partial charge in [0.15, 0.2) is 0 Å². The second-order valence-corrected chi connectivity index (χ2v) is 4.50. The van der Waals surface area contributed by atoms with Crippen molar-refractivity contribution in [2.75, 3.05) is 6.61 Å². The van der Waals surface area contributed by atoms with Gasteiger partial charge in [0.2, 0.25) is 0 Å². The van der Waals surface area contributed by atoms with Crippen molar-refractivity contribution in [1.82, 2.24) is 5.43 Å². The van der Waals surface area contributed by atoms with Crippen molar-refractivity contribution in [2.45, 2.75) is 20.8 Å². The molecule has 0 aliphatic rings. The Kier molecular flexibility index (Phi) is 4.77. The summed E-state index contributed by atoms with van der Waals surface area (Å²) in [5, 5.41) is 3.96. The summed E-state index contributed by atoms with van der Waals surface area (Å²) in [5.41, 5.74) is 3.78. The van der Waals surface area contributed by atoms with Gasteiger partial charge >= 0.3 is 0 Å². The largest absolute Gasteiger partial charge is 0.493 e. The van der Waals surface area contributed by atoms with Crippen molar-refractivity contribution in [3.05, 3.63) is 53.0 Å². The van der Waals surface area contributed by atoms with Crippen molar-refractivity contribution < 1.29 is 13.9 Å². The molecule has 0 aliphatic heterocycles. The molecular weight excluding hydrogens is 268 g/mol. The third-order valence-electron chi connectivity index (χ3n) is 2.87. The van der Waals surface area contributed by atoms with Crippen molar-refractivity contribution in [3.8, 4) is 5.75 Å². The fourth-order valence-electron chi connectivity index (χ4n) is 1.95. The molecule has 1 aromatic carbocycles. The molecular formula is C16H18N2O3. The smallest absolute Gasteiger partial charge is 0.274 e. The van der Waals surface area contributed by atoms with Gasteiger partial charge in [0, 0.05) is 5.56 Å². The lowest BCUT2D eigenvalue weighted by atomic mass is 10.2. The number of furan rings is 1. The third-order valence-corrected chi connectivity index (χ3v) is 2.87. The van der Waals surface area contributed by atoms with E-state index in [0.29, 0.717) is 23.7 Å². The molecule has 0 saturated carbocycles. The molecule has 0 atom stereocenters. The maximum Gasteiger partial charge on any atom is 0.274 e. The van der Waals surface area contributed by atoms with Crippen LogP contribution >= 0.6 is 0 Å².